The van der Waals surface area contributed by atoms with Crippen molar-refractivity contribution in [2.24, 2.45) is 0 Å². The summed E-state index contributed by atoms with van der Waals surface area (Å²) in [4.78, 5) is 5.51. The van der Waals surface area contributed by atoms with Gasteiger partial charge < -0.3 is 5.11 Å². The summed E-state index contributed by atoms with van der Waals surface area (Å²) < 4.78 is 0. The van der Waals surface area contributed by atoms with Crippen molar-refractivity contribution in [3.8, 4) is 10.6 Å². The molecule has 19 heavy (non-hydrogen) atoms. The van der Waals surface area contributed by atoms with Gasteiger partial charge in [0.2, 0.25) is 0 Å². The number of aromatic nitrogens is 1. The van der Waals surface area contributed by atoms with Gasteiger partial charge in [-0.25, -0.2) is 4.98 Å². The molecule has 1 atom stereocenters. The molecule has 2 nitrogen and oxygen atoms in total. The number of nitrogens with zero attached hydrogens (tertiary/aromatic N) is 1. The van der Waals surface area contributed by atoms with Crippen LogP contribution in [0.1, 0.15) is 23.6 Å². The Morgan fingerprint density at radius 2 is 1.84 bits per heavy atom. The zero-order chi connectivity index (χ0) is 13.4. The molecule has 0 saturated carbocycles. The maximum absolute atomic E-state index is 9.71. The zero-order valence-corrected chi connectivity index (χ0v) is 11.7. The lowest BCUT2D eigenvalue weighted by Crippen LogP contribution is -1.88. The lowest BCUT2D eigenvalue weighted by molar-refractivity contribution is 0.202. The molecule has 0 amide bonds. The first kappa shape index (κ1) is 12.3. The van der Waals surface area contributed by atoms with E-state index < -0.39 is 6.10 Å². The van der Waals surface area contributed by atoms with Crippen LogP contribution in [0.4, 0.5) is 0 Å². The van der Waals surface area contributed by atoms with Gasteiger partial charge in [-0.3, -0.25) is 0 Å². The Morgan fingerprint density at radius 3 is 2.53 bits per heavy atom. The number of thiazole rings is 1. The molecule has 0 saturated heterocycles. The number of benzene rings is 2. The van der Waals surface area contributed by atoms with Crippen LogP contribution in [0.2, 0.25) is 0 Å². The molecule has 3 heteroatoms. The summed E-state index contributed by atoms with van der Waals surface area (Å²) in [6.07, 6.45) is -0.452. The second-order valence-electron chi connectivity index (χ2n) is 4.71. The van der Waals surface area contributed by atoms with Gasteiger partial charge >= 0.3 is 0 Å². The zero-order valence-electron chi connectivity index (χ0n) is 10.9. The predicted octanol–water partition coefficient (Wildman–Crippen LogP) is 4.33. The number of fused-ring (bicyclic) bond motifs is 1. The van der Waals surface area contributed by atoms with Crippen LogP contribution in [0.5, 0.6) is 0 Å². The largest absolute Gasteiger partial charge is 0.388 e. The third-order valence-electron chi connectivity index (χ3n) is 3.21. The number of hydrogen-bond acceptors (Lipinski definition) is 3. The van der Waals surface area contributed by atoms with Crippen molar-refractivity contribution in [2.45, 2.75) is 20.0 Å². The minimum atomic E-state index is -0.452. The van der Waals surface area contributed by atoms with E-state index in [2.05, 4.69) is 35.3 Å². The van der Waals surface area contributed by atoms with Gasteiger partial charge in [-0.05, 0) is 30.7 Å². The van der Waals surface area contributed by atoms with Crippen molar-refractivity contribution in [2.75, 3.05) is 0 Å². The molecule has 0 aliphatic carbocycles. The van der Waals surface area contributed by atoms with E-state index in [0.29, 0.717) is 0 Å². The summed E-state index contributed by atoms with van der Waals surface area (Å²) in [5.41, 5.74) is 2.03. The van der Waals surface area contributed by atoms with Crippen molar-refractivity contribution in [1.82, 2.24) is 4.98 Å². The van der Waals surface area contributed by atoms with E-state index in [4.69, 9.17) is 0 Å². The average molecular weight is 269 g/mol. The molecule has 0 aliphatic rings. The van der Waals surface area contributed by atoms with Gasteiger partial charge in [-0.2, -0.15) is 0 Å². The molecule has 0 bridgehead atoms. The van der Waals surface area contributed by atoms with Gasteiger partial charge in [0.15, 0.2) is 0 Å². The van der Waals surface area contributed by atoms with Crippen LogP contribution in [-0.4, -0.2) is 10.1 Å². The van der Waals surface area contributed by atoms with Crippen LogP contribution >= 0.6 is 11.3 Å². The summed E-state index contributed by atoms with van der Waals surface area (Å²) in [5, 5.41) is 13.1. The fourth-order valence-electron chi connectivity index (χ4n) is 2.24. The summed E-state index contributed by atoms with van der Waals surface area (Å²) in [7, 11) is 0. The molecule has 1 N–H and O–H groups in total. The average Bonchev–Trinajstić information content (AvgIpc) is 2.80. The van der Waals surface area contributed by atoms with Gasteiger partial charge in [0.1, 0.15) is 5.01 Å². The summed E-state index contributed by atoms with van der Waals surface area (Å²) in [6, 6.07) is 14.7. The summed E-state index contributed by atoms with van der Waals surface area (Å²) in [5.74, 6) is 0. The summed E-state index contributed by atoms with van der Waals surface area (Å²) >= 11 is 1.57. The smallest absolute Gasteiger partial charge is 0.123 e. The van der Waals surface area contributed by atoms with E-state index in [-0.39, 0.29) is 0 Å². The Morgan fingerprint density at radius 1 is 1.11 bits per heavy atom. The Kier molecular flexibility index (Phi) is 3.09. The van der Waals surface area contributed by atoms with E-state index in [1.54, 1.807) is 18.3 Å². The number of aryl methyl sites for hydroxylation is 1. The third kappa shape index (κ3) is 2.27. The quantitative estimate of drug-likeness (QED) is 0.751. The normalized spacial score (nSPS) is 12.8. The molecular formula is C16H15NOS. The van der Waals surface area contributed by atoms with E-state index in [1.807, 2.05) is 19.1 Å². The molecule has 1 heterocycles. The molecule has 1 unspecified atom stereocenters. The Balaban J connectivity index is 2.11. The highest BCUT2D eigenvalue weighted by Crippen LogP contribution is 2.32. The molecule has 3 rings (SSSR count). The maximum Gasteiger partial charge on any atom is 0.123 e. The standard InChI is InChI=1S/C16H15NOS/c1-10-15(11(2)18)19-16(17-10)14-8-7-12-5-3-4-6-13(12)9-14/h3-9,11,18H,1-2H3. The highest BCUT2D eigenvalue weighted by Gasteiger charge is 2.13. The molecule has 0 spiro atoms. The molecule has 0 radical (unpaired) electrons. The first-order valence-electron chi connectivity index (χ1n) is 6.30. The second-order valence-corrected chi connectivity index (χ2v) is 5.74. The lowest BCUT2D eigenvalue weighted by Gasteiger charge is -2.00. The fraction of sp³-hybridized carbons (Fsp3) is 0.188. The van der Waals surface area contributed by atoms with Crippen molar-refractivity contribution in [1.29, 1.82) is 0 Å². The Hall–Kier alpha value is -1.71. The first-order valence-corrected chi connectivity index (χ1v) is 7.11. The van der Waals surface area contributed by atoms with Crippen LogP contribution in [-0.2, 0) is 0 Å². The van der Waals surface area contributed by atoms with Crippen LogP contribution in [0, 0.1) is 6.92 Å². The fourth-order valence-corrected chi connectivity index (χ4v) is 3.24. The molecular weight excluding hydrogens is 254 g/mol. The van der Waals surface area contributed by atoms with Crippen LogP contribution in [0.15, 0.2) is 42.5 Å². The maximum atomic E-state index is 9.71. The number of hydrogen-bond donors (Lipinski definition) is 1. The van der Waals surface area contributed by atoms with E-state index in [9.17, 15) is 5.11 Å². The molecule has 3 aromatic rings. The van der Waals surface area contributed by atoms with Crippen molar-refractivity contribution < 1.29 is 5.11 Å². The van der Waals surface area contributed by atoms with Crippen LogP contribution in [0.3, 0.4) is 0 Å². The summed E-state index contributed by atoms with van der Waals surface area (Å²) in [6.45, 7) is 3.73. The van der Waals surface area contributed by atoms with Gasteiger partial charge in [-0.15, -0.1) is 11.3 Å². The van der Waals surface area contributed by atoms with E-state index in [1.165, 1.54) is 10.8 Å². The molecule has 2 aromatic carbocycles. The number of aliphatic hydroxyl groups excluding tert-OH is 1. The highest BCUT2D eigenvalue weighted by atomic mass is 32.1. The lowest BCUT2D eigenvalue weighted by atomic mass is 10.1. The topological polar surface area (TPSA) is 33.1 Å². The van der Waals surface area contributed by atoms with Crippen molar-refractivity contribution >= 4 is 22.1 Å². The third-order valence-corrected chi connectivity index (χ3v) is 4.59. The van der Waals surface area contributed by atoms with Crippen molar-refractivity contribution in [3.05, 3.63) is 53.0 Å². The number of aliphatic hydroxyl groups is 1. The SMILES string of the molecule is Cc1nc(-c2ccc3ccccc3c2)sc1C(C)O. The number of rotatable bonds is 2. The van der Waals surface area contributed by atoms with Crippen LogP contribution < -0.4 is 0 Å². The first-order chi connectivity index (χ1) is 9.15. The minimum absolute atomic E-state index is 0.452. The Bertz CT molecular complexity index is 730. The predicted molar refractivity (Wildman–Crippen MR) is 80.4 cm³/mol. The minimum Gasteiger partial charge on any atom is -0.388 e. The van der Waals surface area contributed by atoms with Gasteiger partial charge in [0, 0.05) is 5.56 Å². The molecule has 96 valence electrons. The van der Waals surface area contributed by atoms with E-state index in [0.717, 1.165) is 21.1 Å². The Labute approximate surface area is 116 Å². The molecule has 0 fully saturated rings. The van der Waals surface area contributed by atoms with Gasteiger partial charge in [0.25, 0.3) is 0 Å². The molecule has 1 aromatic heterocycles. The molecule has 0 aliphatic heterocycles. The highest BCUT2D eigenvalue weighted by molar-refractivity contribution is 7.15. The van der Waals surface area contributed by atoms with Gasteiger partial charge in [-0.1, -0.05) is 36.4 Å². The van der Waals surface area contributed by atoms with E-state index >= 15 is 0 Å². The second kappa shape index (κ2) is 4.76. The monoisotopic (exact) mass is 269 g/mol. The van der Waals surface area contributed by atoms with Crippen molar-refractivity contribution in [3.63, 3.8) is 0 Å². The van der Waals surface area contributed by atoms with Crippen LogP contribution in [0.25, 0.3) is 21.3 Å². The van der Waals surface area contributed by atoms with Gasteiger partial charge in [0.05, 0.1) is 16.7 Å².